The number of rotatable bonds is 2. The molecule has 0 fully saturated rings. The summed E-state index contributed by atoms with van der Waals surface area (Å²) >= 11 is 0. The van der Waals surface area contributed by atoms with Gasteiger partial charge in [-0.05, 0) is 12.1 Å². The van der Waals surface area contributed by atoms with Gasteiger partial charge in [-0.25, -0.2) is 23.5 Å². The molecule has 0 radical (unpaired) electrons. The second-order valence-electron chi connectivity index (χ2n) is 4.34. The highest BCUT2D eigenvalue weighted by atomic mass is 16.3. The molecule has 1 aromatic carbocycles. The van der Waals surface area contributed by atoms with E-state index in [1.807, 2.05) is 6.07 Å². The van der Waals surface area contributed by atoms with Gasteiger partial charge in [0, 0.05) is 0 Å². The quantitative estimate of drug-likeness (QED) is 0.766. The molecule has 1 aliphatic heterocycles. The Labute approximate surface area is 108 Å². The van der Waals surface area contributed by atoms with Crippen molar-refractivity contribution in [3.05, 3.63) is 63.5 Å². The minimum Gasteiger partial charge on any atom is -0.394 e. The molecule has 0 saturated heterocycles. The highest BCUT2D eigenvalue weighted by molar-refractivity contribution is 5.30. The van der Waals surface area contributed by atoms with Crippen LogP contribution in [0.2, 0.25) is 0 Å². The van der Waals surface area contributed by atoms with Gasteiger partial charge < -0.3 is 5.11 Å². The summed E-state index contributed by atoms with van der Waals surface area (Å²) < 4.78 is 3.77. The Morgan fingerprint density at radius 3 is 2.58 bits per heavy atom. The fourth-order valence-electron chi connectivity index (χ4n) is 2.32. The van der Waals surface area contributed by atoms with Crippen molar-refractivity contribution in [2.45, 2.75) is 12.6 Å². The molecule has 98 valence electrons. The molecule has 0 bridgehead atoms. The highest BCUT2D eigenvalue weighted by Crippen LogP contribution is 2.10. The third kappa shape index (κ3) is 1.68. The van der Waals surface area contributed by atoms with Crippen molar-refractivity contribution in [1.29, 1.82) is 0 Å². The molecule has 0 unspecified atom stereocenters. The fourth-order valence-corrected chi connectivity index (χ4v) is 2.32. The van der Waals surface area contributed by atoms with Crippen LogP contribution in [0.1, 0.15) is 6.04 Å². The first-order valence-electron chi connectivity index (χ1n) is 6.01. The maximum Gasteiger partial charge on any atom is 0.352 e. The van der Waals surface area contributed by atoms with Crippen molar-refractivity contribution in [2.24, 2.45) is 0 Å². The first kappa shape index (κ1) is 11.7. The number of hydrogen-bond donors (Lipinski definition) is 1. The van der Waals surface area contributed by atoms with Gasteiger partial charge in [0.25, 0.3) is 0 Å². The number of aromatic nitrogens is 3. The van der Waals surface area contributed by atoms with Gasteiger partial charge in [-0.1, -0.05) is 30.4 Å². The minimum absolute atomic E-state index is 0.214. The summed E-state index contributed by atoms with van der Waals surface area (Å²) in [5.74, 6) is 0. The SMILES string of the molecule is O=c1n(-c2ccccc2)c(=O)n2n1CC=C[C@@H]2CO. The van der Waals surface area contributed by atoms with Gasteiger partial charge in [0.05, 0.1) is 24.9 Å². The van der Waals surface area contributed by atoms with Gasteiger partial charge in [-0.2, -0.15) is 0 Å². The smallest absolute Gasteiger partial charge is 0.352 e. The molecule has 19 heavy (non-hydrogen) atoms. The van der Waals surface area contributed by atoms with Crippen LogP contribution in [0.4, 0.5) is 0 Å². The van der Waals surface area contributed by atoms with Gasteiger partial charge in [0.15, 0.2) is 0 Å². The molecule has 1 aromatic heterocycles. The van der Waals surface area contributed by atoms with Crippen LogP contribution < -0.4 is 11.4 Å². The Morgan fingerprint density at radius 2 is 1.89 bits per heavy atom. The van der Waals surface area contributed by atoms with Crippen LogP contribution in [0.25, 0.3) is 5.69 Å². The lowest BCUT2D eigenvalue weighted by atomic mass is 10.2. The average Bonchev–Trinajstić information content (AvgIpc) is 2.72. The molecule has 2 aromatic rings. The second-order valence-corrected chi connectivity index (χ2v) is 4.34. The lowest BCUT2D eigenvalue weighted by molar-refractivity contribution is 0.223. The Morgan fingerprint density at radius 1 is 1.16 bits per heavy atom. The number of benzene rings is 1. The van der Waals surface area contributed by atoms with E-state index in [0.717, 1.165) is 4.57 Å². The molecule has 0 aliphatic carbocycles. The van der Waals surface area contributed by atoms with Crippen molar-refractivity contribution in [2.75, 3.05) is 6.61 Å². The number of allylic oxidation sites excluding steroid dienone is 1. The zero-order valence-electron chi connectivity index (χ0n) is 10.1. The number of para-hydroxylation sites is 1. The largest absolute Gasteiger partial charge is 0.394 e. The van der Waals surface area contributed by atoms with Gasteiger partial charge in [0.2, 0.25) is 0 Å². The van der Waals surface area contributed by atoms with E-state index < -0.39 is 11.7 Å². The topological polar surface area (TPSA) is 69.2 Å². The Bertz CT molecular complexity index is 737. The number of nitrogens with zero attached hydrogens (tertiary/aromatic N) is 3. The Kier molecular flexibility index (Phi) is 2.72. The minimum atomic E-state index is -0.487. The van der Waals surface area contributed by atoms with Crippen molar-refractivity contribution in [1.82, 2.24) is 13.9 Å². The first-order valence-corrected chi connectivity index (χ1v) is 6.01. The van der Waals surface area contributed by atoms with E-state index in [9.17, 15) is 14.7 Å². The Hall–Kier alpha value is -2.34. The summed E-state index contributed by atoms with van der Waals surface area (Å²) in [7, 11) is 0. The van der Waals surface area contributed by atoms with E-state index in [2.05, 4.69) is 0 Å². The van der Waals surface area contributed by atoms with Crippen molar-refractivity contribution in [3.8, 4) is 5.69 Å². The molecular formula is C13H13N3O3. The summed E-state index contributed by atoms with van der Waals surface area (Å²) in [6.07, 6.45) is 3.51. The van der Waals surface area contributed by atoms with Crippen LogP contribution >= 0.6 is 0 Å². The fraction of sp³-hybridized carbons (Fsp3) is 0.231. The number of fused-ring (bicyclic) bond motifs is 1. The molecule has 0 saturated carbocycles. The van der Waals surface area contributed by atoms with Crippen LogP contribution in [0, 0.1) is 0 Å². The van der Waals surface area contributed by atoms with Gasteiger partial charge in [-0.15, -0.1) is 0 Å². The molecule has 1 N–H and O–H groups in total. The van der Waals surface area contributed by atoms with E-state index in [1.54, 1.807) is 36.4 Å². The number of aliphatic hydroxyl groups excluding tert-OH is 1. The lowest BCUT2D eigenvalue weighted by Gasteiger charge is -2.18. The summed E-state index contributed by atoms with van der Waals surface area (Å²) in [6.45, 7) is 0.124. The maximum atomic E-state index is 12.4. The third-order valence-electron chi connectivity index (χ3n) is 3.21. The van der Waals surface area contributed by atoms with E-state index in [0.29, 0.717) is 12.2 Å². The zero-order valence-corrected chi connectivity index (χ0v) is 10.1. The molecule has 0 spiro atoms. The molecule has 0 amide bonds. The van der Waals surface area contributed by atoms with E-state index >= 15 is 0 Å². The third-order valence-corrected chi connectivity index (χ3v) is 3.21. The van der Waals surface area contributed by atoms with Crippen LogP contribution in [0.15, 0.2) is 52.1 Å². The second kappa shape index (κ2) is 4.40. The summed E-state index contributed by atoms with van der Waals surface area (Å²) in [6, 6.07) is 8.28. The monoisotopic (exact) mass is 259 g/mol. The Balaban J connectivity index is 2.28. The van der Waals surface area contributed by atoms with Gasteiger partial charge >= 0.3 is 11.4 Å². The van der Waals surface area contributed by atoms with Crippen molar-refractivity contribution in [3.63, 3.8) is 0 Å². The normalized spacial score (nSPS) is 17.4. The molecular weight excluding hydrogens is 246 g/mol. The molecule has 1 aliphatic rings. The number of hydrogen-bond acceptors (Lipinski definition) is 3. The van der Waals surface area contributed by atoms with Crippen LogP contribution in [0.5, 0.6) is 0 Å². The summed E-state index contributed by atoms with van der Waals surface area (Å²) in [5.41, 5.74) is -0.290. The van der Waals surface area contributed by atoms with Crippen LogP contribution in [0.3, 0.4) is 0 Å². The van der Waals surface area contributed by atoms with Crippen LogP contribution in [-0.2, 0) is 6.54 Å². The van der Waals surface area contributed by atoms with Crippen molar-refractivity contribution >= 4 is 0 Å². The molecule has 2 heterocycles. The predicted octanol–water partition coefficient (Wildman–Crippen LogP) is -0.0961. The van der Waals surface area contributed by atoms with E-state index in [1.165, 1.54) is 9.36 Å². The molecule has 6 heteroatoms. The lowest BCUT2D eigenvalue weighted by Crippen LogP contribution is -2.33. The zero-order chi connectivity index (χ0) is 13.4. The van der Waals surface area contributed by atoms with Crippen LogP contribution in [-0.4, -0.2) is 25.6 Å². The summed E-state index contributed by atoms with van der Waals surface area (Å²) in [5, 5.41) is 9.30. The highest BCUT2D eigenvalue weighted by Gasteiger charge is 2.23. The van der Waals surface area contributed by atoms with Gasteiger partial charge in [0.1, 0.15) is 0 Å². The molecule has 6 nitrogen and oxygen atoms in total. The van der Waals surface area contributed by atoms with Gasteiger partial charge in [-0.3, -0.25) is 0 Å². The molecule has 1 atom stereocenters. The average molecular weight is 259 g/mol. The molecule has 3 rings (SSSR count). The standard InChI is InChI=1S/C13H13N3O3/c17-9-11-7-4-8-14-12(18)15(13(19)16(11)14)10-5-2-1-3-6-10/h1-7,11,17H,8-9H2/t11-/m1/s1. The number of aliphatic hydroxyl groups is 1. The predicted molar refractivity (Wildman–Crippen MR) is 69.6 cm³/mol. The maximum absolute atomic E-state index is 12.4. The summed E-state index contributed by atoms with van der Waals surface area (Å²) in [4.78, 5) is 24.7. The van der Waals surface area contributed by atoms with E-state index in [-0.39, 0.29) is 12.3 Å². The van der Waals surface area contributed by atoms with E-state index in [4.69, 9.17) is 0 Å². The first-order chi connectivity index (χ1) is 9.24. The van der Waals surface area contributed by atoms with Crippen molar-refractivity contribution < 1.29 is 5.11 Å².